The van der Waals surface area contributed by atoms with Crippen LogP contribution in [-0.2, 0) is 38.4 Å². The van der Waals surface area contributed by atoms with Gasteiger partial charge in [0.05, 0.1) is 0 Å². The van der Waals surface area contributed by atoms with Gasteiger partial charge in [-0.2, -0.15) is 0 Å². The van der Waals surface area contributed by atoms with Gasteiger partial charge in [0.15, 0.2) is 0 Å². The molecule has 0 aliphatic heterocycles. The zero-order valence-corrected chi connectivity index (χ0v) is 13.8. The molecule has 16 heteroatoms. The summed E-state index contributed by atoms with van der Waals surface area (Å²) in [6, 6.07) is 0. The summed E-state index contributed by atoms with van der Waals surface area (Å²) in [4.78, 5) is 68.1. The highest BCUT2D eigenvalue weighted by Crippen LogP contribution is 1.82. The van der Waals surface area contributed by atoms with Crippen molar-refractivity contribution >= 4 is 51.3 Å². The Hall–Kier alpha value is -4.24. The Morgan fingerprint density at radius 3 is 0.667 bits per heavy atom. The predicted molar refractivity (Wildman–Crippen MR) is 83.4 cm³/mol. The van der Waals surface area contributed by atoms with Crippen molar-refractivity contribution in [2.45, 2.75) is 19.8 Å². The number of rotatable bonds is 2. The van der Waals surface area contributed by atoms with Gasteiger partial charge < -0.3 is 40.9 Å². The van der Waals surface area contributed by atoms with Crippen LogP contribution in [0.3, 0.4) is 0 Å². The molecule has 16 nitrogen and oxygen atoms in total. The lowest BCUT2D eigenvalue weighted by molar-refractivity contribution is -0.137. The van der Waals surface area contributed by atoms with Gasteiger partial charge in [-0.15, -0.1) is 0 Å². The minimum Gasteiger partial charge on any atom is -0.483 e. The van der Waals surface area contributed by atoms with Crippen molar-refractivity contribution in [2.24, 2.45) is 0 Å². The minimum absolute atomic E-state index is 0.250. The minimum atomic E-state index is -0.711. The number of hydrogen-bond acceptors (Lipinski definition) is 8. The van der Waals surface area contributed by atoms with Crippen LogP contribution in [0.25, 0.3) is 0 Å². The fourth-order valence-corrected chi connectivity index (χ4v) is 0.214. The molecule has 0 aliphatic rings. The highest BCUT2D eigenvalue weighted by molar-refractivity contribution is 5.66. The van der Waals surface area contributed by atoms with Gasteiger partial charge >= 0.3 is 5.97 Å². The van der Waals surface area contributed by atoms with Crippen LogP contribution in [0.4, 0.5) is 0 Å². The van der Waals surface area contributed by atoms with E-state index in [0.29, 0.717) is 6.42 Å². The Bertz CT molecular complexity index is 231. The summed E-state index contributed by atoms with van der Waals surface area (Å²) < 4.78 is 0. The van der Waals surface area contributed by atoms with E-state index in [1.165, 1.54) is 0 Å². The van der Waals surface area contributed by atoms with Crippen LogP contribution in [0, 0.1) is 0 Å². The summed E-state index contributed by atoms with van der Waals surface area (Å²) in [5.41, 5.74) is 0. The van der Waals surface area contributed by atoms with E-state index in [1.807, 2.05) is 6.92 Å². The fraction of sp³-hybridized carbons (Fsp3) is 0.273. The van der Waals surface area contributed by atoms with E-state index in [1.54, 1.807) is 0 Å². The van der Waals surface area contributed by atoms with Crippen molar-refractivity contribution in [3.8, 4) is 0 Å². The molecule has 0 bridgehead atoms. The van der Waals surface area contributed by atoms with Gasteiger partial charge in [0.1, 0.15) is 0 Å². The van der Waals surface area contributed by atoms with Crippen molar-refractivity contribution < 1.29 is 79.2 Å². The average Bonchev–Trinajstić information content (AvgIpc) is 2.52. The molecule has 0 amide bonds. The van der Waals surface area contributed by atoms with E-state index < -0.39 is 5.97 Å². The summed E-state index contributed by atoms with van der Waals surface area (Å²) in [5.74, 6) is -0.711. The predicted octanol–water partition coefficient (Wildman–Crippen LogP) is -1.22. The third kappa shape index (κ3) is 5530. The van der Waals surface area contributed by atoms with Gasteiger partial charge in [0, 0.05) is 6.42 Å². The monoisotopic (exact) mass is 410 g/mol. The zero-order chi connectivity index (χ0) is 23.9. The summed E-state index contributed by atoms with van der Waals surface area (Å²) in [6.45, 7) is 0.0914. The zero-order valence-electron chi connectivity index (χ0n) is 13.8. The molecule has 0 fully saturated rings. The molecule has 162 valence electrons. The molecule has 0 saturated heterocycles. The van der Waals surface area contributed by atoms with Crippen LogP contribution in [0.5, 0.6) is 0 Å². The third-order valence-corrected chi connectivity index (χ3v) is 0.464. The van der Waals surface area contributed by atoms with E-state index in [4.69, 9.17) is 74.4 Å². The van der Waals surface area contributed by atoms with Gasteiger partial charge in [-0.25, -0.2) is 0 Å². The molecule has 0 rings (SSSR count). The van der Waals surface area contributed by atoms with Crippen LogP contribution in [0.1, 0.15) is 19.8 Å². The van der Waals surface area contributed by atoms with Gasteiger partial charge in [-0.3, -0.25) is 38.4 Å². The van der Waals surface area contributed by atoms with Crippen molar-refractivity contribution in [3.05, 3.63) is 0 Å². The quantitative estimate of drug-likeness (QED) is 0.247. The van der Waals surface area contributed by atoms with Crippen molar-refractivity contribution in [1.29, 1.82) is 0 Å². The molecular weight excluding hydrogens is 388 g/mol. The van der Waals surface area contributed by atoms with Crippen LogP contribution in [0.15, 0.2) is 0 Å². The molecular formula is C11H22O16. The van der Waals surface area contributed by atoms with Crippen LogP contribution < -0.4 is 0 Å². The highest BCUT2D eigenvalue weighted by atomic mass is 16.4. The lowest BCUT2D eigenvalue weighted by Gasteiger charge is -1.79. The Morgan fingerprint density at radius 2 is 0.667 bits per heavy atom. The van der Waals surface area contributed by atoms with Crippen molar-refractivity contribution in [2.75, 3.05) is 0 Å². The molecule has 0 unspecified atom stereocenters. The number of carboxylic acid groups (broad SMARTS) is 8. The van der Waals surface area contributed by atoms with E-state index in [2.05, 4.69) is 0 Å². The normalized spacial score (nSPS) is 4.93. The lowest BCUT2D eigenvalue weighted by Crippen LogP contribution is -1.90. The SMILES string of the molecule is CCCC(=O)O.O=CO.O=CO.O=CO.O=CO.O=CO.O=CO.O=CO. The Morgan fingerprint density at radius 1 is 0.556 bits per heavy atom. The highest BCUT2D eigenvalue weighted by Gasteiger charge is 1.87. The molecule has 0 aromatic heterocycles. The maximum Gasteiger partial charge on any atom is 0.303 e. The summed E-state index contributed by atoms with van der Waals surface area (Å²) in [7, 11) is 0. The molecule has 0 aromatic rings. The molecule has 0 heterocycles. The second kappa shape index (κ2) is 156. The fourth-order valence-electron chi connectivity index (χ4n) is 0.214. The first-order chi connectivity index (χ1) is 12.7. The molecule has 0 atom stereocenters. The Labute approximate surface area is 151 Å². The average molecular weight is 410 g/mol. The molecule has 8 N–H and O–H groups in total. The summed E-state index contributed by atoms with van der Waals surface area (Å²) in [6.07, 6.45) is 1.02. The van der Waals surface area contributed by atoms with E-state index in [-0.39, 0.29) is 45.3 Å². The molecule has 0 spiro atoms. The van der Waals surface area contributed by atoms with Crippen molar-refractivity contribution in [3.63, 3.8) is 0 Å². The number of carboxylic acids is 1. The Kier molecular flexibility index (Phi) is 285. The second-order valence-electron chi connectivity index (χ2n) is 1.88. The first-order valence-corrected chi connectivity index (χ1v) is 5.45. The smallest absolute Gasteiger partial charge is 0.303 e. The topological polar surface area (TPSA) is 298 Å². The molecule has 0 aliphatic carbocycles. The van der Waals surface area contributed by atoms with Gasteiger partial charge in [0.25, 0.3) is 45.3 Å². The van der Waals surface area contributed by atoms with Gasteiger partial charge in [-0.05, 0) is 6.42 Å². The first kappa shape index (κ1) is 49.5. The molecule has 0 aromatic carbocycles. The number of carbonyl (C=O) groups is 8. The number of hydrogen-bond donors (Lipinski definition) is 8. The maximum absolute atomic E-state index is 9.60. The molecule has 0 saturated carbocycles. The standard InChI is InChI=1S/C4H8O2.7CH2O2/c1-2-3-4(5)6;7*2-1-3/h2-3H2,1H3,(H,5,6);7*1H,(H,2,3). The summed E-state index contributed by atoms with van der Waals surface area (Å²) >= 11 is 0. The molecule has 27 heavy (non-hydrogen) atoms. The lowest BCUT2D eigenvalue weighted by atomic mass is 10.4. The van der Waals surface area contributed by atoms with E-state index in [0.717, 1.165) is 6.42 Å². The van der Waals surface area contributed by atoms with Crippen LogP contribution in [-0.4, -0.2) is 92.1 Å². The third-order valence-electron chi connectivity index (χ3n) is 0.464. The van der Waals surface area contributed by atoms with Crippen LogP contribution in [0.2, 0.25) is 0 Å². The van der Waals surface area contributed by atoms with Crippen LogP contribution >= 0.6 is 0 Å². The van der Waals surface area contributed by atoms with E-state index in [9.17, 15) is 4.79 Å². The van der Waals surface area contributed by atoms with Gasteiger partial charge in [-0.1, -0.05) is 6.92 Å². The largest absolute Gasteiger partial charge is 0.483 e. The van der Waals surface area contributed by atoms with Gasteiger partial charge in [0.2, 0.25) is 0 Å². The second-order valence-corrected chi connectivity index (χ2v) is 1.88. The first-order valence-electron chi connectivity index (χ1n) is 5.45. The Balaban J connectivity index is -0.0000000260. The van der Waals surface area contributed by atoms with E-state index >= 15 is 0 Å². The maximum atomic E-state index is 9.60. The molecule has 0 radical (unpaired) electrons. The van der Waals surface area contributed by atoms with Crippen molar-refractivity contribution in [1.82, 2.24) is 0 Å². The summed E-state index contributed by atoms with van der Waals surface area (Å²) in [5, 5.41) is 56.1. The number of aliphatic carboxylic acids is 1.